The third-order valence-electron chi connectivity index (χ3n) is 6.90. The number of carbonyl (C=O) groups is 1. The quantitative estimate of drug-likeness (QED) is 0.145. The highest BCUT2D eigenvalue weighted by Gasteiger charge is 2.17. The zero-order valence-electron chi connectivity index (χ0n) is 24.8. The highest BCUT2D eigenvalue weighted by Crippen LogP contribution is 2.39. The van der Waals surface area contributed by atoms with Gasteiger partial charge in [-0.2, -0.15) is 0 Å². The Bertz CT molecular complexity index is 1540. The molecule has 43 heavy (non-hydrogen) atoms. The summed E-state index contributed by atoms with van der Waals surface area (Å²) in [6.45, 7) is 7.44. The van der Waals surface area contributed by atoms with E-state index in [1.54, 1.807) is 39.4 Å². The minimum Gasteiger partial charge on any atom is -0.496 e. The number of methoxy groups -OCH3 is 1. The van der Waals surface area contributed by atoms with Gasteiger partial charge in [0.1, 0.15) is 11.4 Å². The minimum atomic E-state index is -0.440. The van der Waals surface area contributed by atoms with Crippen LogP contribution in [0.4, 0.5) is 5.69 Å². The summed E-state index contributed by atoms with van der Waals surface area (Å²) in [5, 5.41) is 28.7. The van der Waals surface area contributed by atoms with Gasteiger partial charge >= 0.3 is 0 Å². The Morgan fingerprint density at radius 3 is 2.37 bits per heavy atom. The van der Waals surface area contributed by atoms with Gasteiger partial charge in [-0.3, -0.25) is 14.8 Å². The molecule has 0 aliphatic carbocycles. The molecule has 4 rings (SSSR count). The van der Waals surface area contributed by atoms with Crippen molar-refractivity contribution in [1.29, 1.82) is 0 Å². The molecule has 0 bridgehead atoms. The van der Waals surface area contributed by atoms with Crippen LogP contribution >= 0.6 is 11.6 Å². The van der Waals surface area contributed by atoms with E-state index in [2.05, 4.69) is 25.9 Å². The topological polar surface area (TPSA) is 129 Å². The molecule has 0 fully saturated rings. The van der Waals surface area contributed by atoms with Crippen LogP contribution in [0.15, 0.2) is 67.0 Å². The van der Waals surface area contributed by atoms with Gasteiger partial charge in [0.2, 0.25) is 0 Å². The lowest BCUT2D eigenvalue weighted by Gasteiger charge is -2.16. The van der Waals surface area contributed by atoms with E-state index >= 15 is 0 Å². The zero-order chi connectivity index (χ0) is 30.9. The number of anilines is 1. The van der Waals surface area contributed by atoms with E-state index < -0.39 is 12.2 Å². The van der Waals surface area contributed by atoms with E-state index in [1.807, 2.05) is 55.5 Å². The molecule has 10 heteroatoms. The summed E-state index contributed by atoms with van der Waals surface area (Å²) in [5.74, 6) is 0.373. The van der Waals surface area contributed by atoms with Gasteiger partial charge in [0, 0.05) is 61.0 Å². The van der Waals surface area contributed by atoms with Crippen LogP contribution in [0.5, 0.6) is 5.75 Å². The molecule has 9 nitrogen and oxygen atoms in total. The Morgan fingerprint density at radius 2 is 1.70 bits per heavy atom. The Hall–Kier alpha value is -3.86. The highest BCUT2D eigenvalue weighted by molar-refractivity contribution is 6.35. The minimum absolute atomic E-state index is 0.298. The summed E-state index contributed by atoms with van der Waals surface area (Å²) in [6.07, 6.45) is 2.49. The Kier molecular flexibility index (Phi) is 11.2. The van der Waals surface area contributed by atoms with Crippen LogP contribution in [-0.4, -0.2) is 58.5 Å². The number of rotatable bonds is 13. The maximum absolute atomic E-state index is 13.0. The van der Waals surface area contributed by atoms with Gasteiger partial charge in [0.25, 0.3) is 5.91 Å². The smallest absolute Gasteiger partial charge is 0.274 e. The van der Waals surface area contributed by atoms with Gasteiger partial charge < -0.3 is 30.9 Å². The fourth-order valence-corrected chi connectivity index (χ4v) is 4.97. The molecule has 0 aliphatic rings. The van der Waals surface area contributed by atoms with Crippen LogP contribution in [0.25, 0.3) is 22.4 Å². The summed E-state index contributed by atoms with van der Waals surface area (Å²) < 4.78 is 5.63. The molecular weight excluding hydrogens is 566 g/mol. The number of aliphatic hydroxyl groups excluding tert-OH is 2. The summed E-state index contributed by atoms with van der Waals surface area (Å²) >= 11 is 6.97. The van der Waals surface area contributed by atoms with Crippen LogP contribution in [0.1, 0.15) is 41.0 Å². The van der Waals surface area contributed by atoms with Crippen molar-refractivity contribution < 1.29 is 19.7 Å². The fourth-order valence-electron chi connectivity index (χ4n) is 4.64. The average Bonchev–Trinajstić information content (AvgIpc) is 2.98. The second kappa shape index (κ2) is 15.0. The van der Waals surface area contributed by atoms with Crippen LogP contribution in [0.3, 0.4) is 0 Å². The molecular formula is C33H38ClN5O4. The molecule has 0 aliphatic heterocycles. The van der Waals surface area contributed by atoms with Gasteiger partial charge in [0.05, 0.1) is 30.0 Å². The van der Waals surface area contributed by atoms with E-state index in [1.165, 1.54) is 0 Å². The molecule has 2 aromatic heterocycles. The Balaban J connectivity index is 1.54. The predicted molar refractivity (Wildman–Crippen MR) is 170 cm³/mol. The standard InChI is InChI=1S/C33H38ClN5O4/c1-20(40)15-35-17-23-8-11-29(38-18-23)33(42)39-28-7-5-6-26(22(28)3)27-12-13-37-32(31(27)34)24-9-10-25(30(14-24)43-4)19-36-16-21(2)41/h5-14,18,20-21,35-36,40-41H,15-17,19H2,1-4H3,(H,39,42)/t20-,21-/m1/s1. The van der Waals surface area contributed by atoms with Gasteiger partial charge in [-0.15, -0.1) is 0 Å². The van der Waals surface area contributed by atoms with E-state index in [4.69, 9.17) is 16.3 Å². The summed E-state index contributed by atoms with van der Waals surface area (Å²) in [6, 6.07) is 16.9. The molecule has 0 saturated heterocycles. The number of nitrogens with one attached hydrogen (secondary N) is 3. The van der Waals surface area contributed by atoms with Crippen molar-refractivity contribution in [3.05, 3.63) is 94.4 Å². The number of aliphatic hydroxyl groups is 2. The van der Waals surface area contributed by atoms with E-state index in [0.29, 0.717) is 54.0 Å². The first-order valence-corrected chi connectivity index (χ1v) is 14.5. The molecule has 0 spiro atoms. The first kappa shape index (κ1) is 32.1. The SMILES string of the molecule is COc1cc(-c2nccc(-c3cccc(NC(=O)c4ccc(CNC[C@@H](C)O)cn4)c3C)c2Cl)ccc1CNC[C@@H](C)O. The van der Waals surface area contributed by atoms with Crippen LogP contribution in [0.2, 0.25) is 5.02 Å². The molecule has 0 radical (unpaired) electrons. The van der Waals surface area contributed by atoms with Crippen molar-refractivity contribution in [1.82, 2.24) is 20.6 Å². The number of amides is 1. The maximum Gasteiger partial charge on any atom is 0.274 e. The lowest BCUT2D eigenvalue weighted by molar-refractivity contribution is 0.102. The lowest BCUT2D eigenvalue weighted by atomic mass is 9.97. The number of halogens is 1. The number of hydrogen-bond acceptors (Lipinski definition) is 8. The summed E-state index contributed by atoms with van der Waals surface area (Å²) in [7, 11) is 1.62. The van der Waals surface area contributed by atoms with Crippen molar-refractivity contribution in [2.24, 2.45) is 0 Å². The van der Waals surface area contributed by atoms with E-state index in [-0.39, 0.29) is 5.91 Å². The van der Waals surface area contributed by atoms with Crippen LogP contribution in [-0.2, 0) is 13.1 Å². The number of aromatic nitrogens is 2. The first-order chi connectivity index (χ1) is 20.7. The van der Waals surface area contributed by atoms with Gasteiger partial charge in [-0.25, -0.2) is 0 Å². The lowest BCUT2D eigenvalue weighted by Crippen LogP contribution is -2.24. The van der Waals surface area contributed by atoms with Crippen molar-refractivity contribution in [2.45, 2.75) is 46.1 Å². The molecule has 4 aromatic rings. The molecule has 2 atom stereocenters. The van der Waals surface area contributed by atoms with E-state index in [0.717, 1.165) is 33.4 Å². The molecule has 1 amide bonds. The predicted octanol–water partition coefficient (Wildman–Crippen LogP) is 4.97. The van der Waals surface area contributed by atoms with Gasteiger partial charge in [-0.05, 0) is 61.7 Å². The van der Waals surface area contributed by atoms with Gasteiger partial charge in [0.15, 0.2) is 0 Å². The number of pyridine rings is 2. The maximum atomic E-state index is 13.0. The number of ether oxygens (including phenoxy) is 1. The monoisotopic (exact) mass is 603 g/mol. The second-order valence-electron chi connectivity index (χ2n) is 10.5. The zero-order valence-corrected chi connectivity index (χ0v) is 25.6. The largest absolute Gasteiger partial charge is 0.496 e. The Morgan fingerprint density at radius 1 is 0.953 bits per heavy atom. The number of hydrogen-bond donors (Lipinski definition) is 5. The number of carbonyl (C=O) groups excluding carboxylic acids is 1. The second-order valence-corrected chi connectivity index (χ2v) is 10.9. The van der Waals surface area contributed by atoms with Crippen molar-refractivity contribution in [3.63, 3.8) is 0 Å². The molecule has 2 heterocycles. The average molecular weight is 604 g/mol. The number of benzene rings is 2. The molecule has 226 valence electrons. The Labute approximate surface area is 257 Å². The van der Waals surface area contributed by atoms with Crippen LogP contribution < -0.4 is 20.7 Å². The molecule has 2 aromatic carbocycles. The van der Waals surface area contributed by atoms with Crippen molar-refractivity contribution in [3.8, 4) is 28.1 Å². The normalized spacial score (nSPS) is 12.5. The van der Waals surface area contributed by atoms with Crippen molar-refractivity contribution in [2.75, 3.05) is 25.5 Å². The van der Waals surface area contributed by atoms with Crippen molar-refractivity contribution >= 4 is 23.2 Å². The van der Waals surface area contributed by atoms with Gasteiger partial charge in [-0.1, -0.05) is 41.9 Å². The molecule has 5 N–H and O–H groups in total. The summed E-state index contributed by atoms with van der Waals surface area (Å²) in [5.41, 5.74) is 6.74. The molecule has 0 saturated carbocycles. The summed E-state index contributed by atoms with van der Waals surface area (Å²) in [4.78, 5) is 21.9. The number of nitrogens with zero attached hydrogens (tertiary/aromatic N) is 2. The molecule has 0 unspecified atom stereocenters. The fraction of sp³-hybridized carbons (Fsp3) is 0.303. The van der Waals surface area contributed by atoms with E-state index in [9.17, 15) is 15.0 Å². The third kappa shape index (κ3) is 8.37. The highest BCUT2D eigenvalue weighted by atomic mass is 35.5. The van der Waals surface area contributed by atoms with Crippen LogP contribution in [0, 0.1) is 6.92 Å². The third-order valence-corrected chi connectivity index (χ3v) is 7.29. The first-order valence-electron chi connectivity index (χ1n) is 14.1.